The van der Waals surface area contributed by atoms with Crippen molar-refractivity contribution in [3.05, 3.63) is 29.3 Å². The van der Waals surface area contributed by atoms with Crippen LogP contribution in [0.1, 0.15) is 12.5 Å². The highest BCUT2D eigenvalue weighted by Gasteiger charge is 2.23. The average Bonchev–Trinajstić information content (AvgIpc) is 2.37. The van der Waals surface area contributed by atoms with Crippen molar-refractivity contribution in [2.75, 3.05) is 24.6 Å². The van der Waals surface area contributed by atoms with Crippen molar-refractivity contribution < 1.29 is 18.7 Å². The summed E-state index contributed by atoms with van der Waals surface area (Å²) in [7, 11) is 0. The Kier molecular flexibility index (Phi) is 3.84. The van der Waals surface area contributed by atoms with E-state index in [1.807, 2.05) is 6.92 Å². The molecule has 1 heterocycles. The second-order valence-corrected chi connectivity index (χ2v) is 4.40. The van der Waals surface area contributed by atoms with E-state index in [1.54, 1.807) is 4.90 Å². The summed E-state index contributed by atoms with van der Waals surface area (Å²) < 4.78 is 33.3. The van der Waals surface area contributed by atoms with Crippen LogP contribution in [0.25, 0.3) is 0 Å². The molecule has 19 heavy (non-hydrogen) atoms. The third kappa shape index (κ3) is 2.76. The molecule has 0 radical (unpaired) electrons. The predicted molar refractivity (Wildman–Crippen MR) is 66.5 cm³/mol. The first-order chi connectivity index (χ1) is 9.02. The molecular formula is C12H15F2N3O2. The number of anilines is 1. The monoisotopic (exact) mass is 271 g/mol. The van der Waals surface area contributed by atoms with Gasteiger partial charge >= 0.3 is 0 Å². The molecule has 0 spiro atoms. The highest BCUT2D eigenvalue weighted by Crippen LogP contribution is 2.26. The second kappa shape index (κ2) is 5.40. The van der Waals surface area contributed by atoms with Crippen LogP contribution in [0.3, 0.4) is 0 Å². The number of nitrogens with two attached hydrogens (primary N) is 1. The number of morpholine rings is 1. The Morgan fingerprint density at radius 2 is 2.11 bits per heavy atom. The van der Waals surface area contributed by atoms with E-state index in [-0.39, 0.29) is 23.2 Å². The van der Waals surface area contributed by atoms with Gasteiger partial charge in [0.05, 0.1) is 12.7 Å². The van der Waals surface area contributed by atoms with Crippen LogP contribution in [0.4, 0.5) is 14.5 Å². The van der Waals surface area contributed by atoms with Gasteiger partial charge in [-0.2, -0.15) is 0 Å². The fraction of sp³-hybridized carbons (Fsp3) is 0.417. The Balaban J connectivity index is 2.36. The van der Waals surface area contributed by atoms with Gasteiger partial charge in [0.25, 0.3) is 0 Å². The molecule has 0 amide bonds. The number of oxime groups is 1. The van der Waals surface area contributed by atoms with Crippen LogP contribution in [0.15, 0.2) is 17.3 Å². The van der Waals surface area contributed by atoms with Crippen LogP contribution >= 0.6 is 0 Å². The largest absolute Gasteiger partial charge is 0.409 e. The van der Waals surface area contributed by atoms with Gasteiger partial charge in [-0.3, -0.25) is 0 Å². The van der Waals surface area contributed by atoms with Crippen molar-refractivity contribution in [3.8, 4) is 0 Å². The standard InChI is InChI=1S/C12H15F2N3O2/c1-7-6-17(2-3-19-7)11-9(13)4-8(5-10(11)14)12(15)16-18/h4-5,7,18H,2-3,6H2,1H3,(H2,15,16). The van der Waals surface area contributed by atoms with Gasteiger partial charge in [-0.05, 0) is 19.1 Å². The van der Waals surface area contributed by atoms with E-state index < -0.39 is 11.6 Å². The molecule has 1 fully saturated rings. The van der Waals surface area contributed by atoms with Crippen LogP contribution < -0.4 is 10.6 Å². The van der Waals surface area contributed by atoms with Gasteiger partial charge in [0, 0.05) is 18.7 Å². The second-order valence-electron chi connectivity index (χ2n) is 4.40. The molecule has 1 aromatic rings. The highest BCUT2D eigenvalue weighted by atomic mass is 19.1. The predicted octanol–water partition coefficient (Wildman–Crippen LogP) is 1.28. The maximum Gasteiger partial charge on any atom is 0.170 e. The van der Waals surface area contributed by atoms with E-state index in [1.165, 1.54) is 0 Å². The number of ether oxygens (including phenoxy) is 1. The first-order valence-electron chi connectivity index (χ1n) is 5.86. The van der Waals surface area contributed by atoms with Crippen molar-refractivity contribution in [2.24, 2.45) is 10.9 Å². The molecule has 0 aliphatic carbocycles. The Bertz CT molecular complexity index is 485. The quantitative estimate of drug-likeness (QED) is 0.368. The van der Waals surface area contributed by atoms with E-state index in [0.717, 1.165) is 12.1 Å². The van der Waals surface area contributed by atoms with Gasteiger partial charge in [0.15, 0.2) is 5.84 Å². The molecule has 1 aliphatic rings. The number of halogens is 2. The first kappa shape index (κ1) is 13.5. The Morgan fingerprint density at radius 1 is 1.47 bits per heavy atom. The molecule has 2 rings (SSSR count). The Morgan fingerprint density at radius 3 is 2.63 bits per heavy atom. The summed E-state index contributed by atoms with van der Waals surface area (Å²) in [6.45, 7) is 3.09. The minimum atomic E-state index is -0.740. The zero-order chi connectivity index (χ0) is 14.0. The van der Waals surface area contributed by atoms with Crippen LogP contribution in [-0.4, -0.2) is 36.8 Å². The van der Waals surface area contributed by atoms with Crippen molar-refractivity contribution >= 4 is 11.5 Å². The molecule has 1 aromatic carbocycles. The summed E-state index contributed by atoms with van der Waals surface area (Å²) in [6.07, 6.45) is -0.0868. The summed E-state index contributed by atoms with van der Waals surface area (Å²) >= 11 is 0. The smallest absolute Gasteiger partial charge is 0.170 e. The van der Waals surface area contributed by atoms with Crippen LogP contribution in [0.5, 0.6) is 0 Å². The third-order valence-corrected chi connectivity index (χ3v) is 2.98. The molecule has 1 aliphatic heterocycles. The van der Waals surface area contributed by atoms with Gasteiger partial charge < -0.3 is 20.6 Å². The molecule has 1 saturated heterocycles. The zero-order valence-electron chi connectivity index (χ0n) is 10.4. The number of nitrogens with zero attached hydrogens (tertiary/aromatic N) is 2. The topological polar surface area (TPSA) is 71.1 Å². The maximum atomic E-state index is 14.0. The van der Waals surface area contributed by atoms with Crippen LogP contribution in [0.2, 0.25) is 0 Å². The molecule has 1 atom stereocenters. The lowest BCUT2D eigenvalue weighted by atomic mass is 10.1. The number of hydrogen-bond donors (Lipinski definition) is 2. The Labute approximate surface area is 109 Å². The fourth-order valence-electron chi connectivity index (χ4n) is 2.09. The van der Waals surface area contributed by atoms with E-state index >= 15 is 0 Å². The summed E-state index contributed by atoms with van der Waals surface area (Å²) in [5.41, 5.74) is 5.21. The van der Waals surface area contributed by atoms with Crippen molar-refractivity contribution in [1.29, 1.82) is 0 Å². The van der Waals surface area contributed by atoms with Crippen molar-refractivity contribution in [3.63, 3.8) is 0 Å². The summed E-state index contributed by atoms with van der Waals surface area (Å²) in [4.78, 5) is 1.59. The number of amidine groups is 1. The zero-order valence-corrected chi connectivity index (χ0v) is 10.4. The summed E-state index contributed by atoms with van der Waals surface area (Å²) in [6, 6.07) is 2.10. The first-order valence-corrected chi connectivity index (χ1v) is 5.86. The highest BCUT2D eigenvalue weighted by molar-refractivity contribution is 5.97. The van der Waals surface area contributed by atoms with Crippen LogP contribution in [0, 0.1) is 11.6 Å². The molecule has 0 saturated carbocycles. The average molecular weight is 271 g/mol. The molecule has 5 nitrogen and oxygen atoms in total. The lowest BCUT2D eigenvalue weighted by molar-refractivity contribution is 0.0527. The third-order valence-electron chi connectivity index (χ3n) is 2.98. The normalized spacial score (nSPS) is 20.7. The molecule has 3 N–H and O–H groups in total. The van der Waals surface area contributed by atoms with E-state index in [2.05, 4.69) is 5.16 Å². The van der Waals surface area contributed by atoms with E-state index in [0.29, 0.717) is 19.7 Å². The number of rotatable bonds is 2. The molecule has 0 aromatic heterocycles. The molecule has 0 bridgehead atoms. The summed E-state index contributed by atoms with van der Waals surface area (Å²) in [5.74, 6) is -1.81. The molecule has 104 valence electrons. The van der Waals surface area contributed by atoms with Gasteiger partial charge in [0.1, 0.15) is 17.3 Å². The summed E-state index contributed by atoms with van der Waals surface area (Å²) in [5, 5.41) is 11.2. The van der Waals surface area contributed by atoms with Crippen molar-refractivity contribution in [2.45, 2.75) is 13.0 Å². The minimum Gasteiger partial charge on any atom is -0.409 e. The van der Waals surface area contributed by atoms with E-state index in [9.17, 15) is 8.78 Å². The van der Waals surface area contributed by atoms with Gasteiger partial charge in [-0.1, -0.05) is 5.16 Å². The maximum absolute atomic E-state index is 14.0. The van der Waals surface area contributed by atoms with Gasteiger partial charge in [-0.15, -0.1) is 0 Å². The Hall–Kier alpha value is -1.89. The van der Waals surface area contributed by atoms with Crippen LogP contribution in [-0.2, 0) is 4.74 Å². The fourth-order valence-corrected chi connectivity index (χ4v) is 2.09. The lowest BCUT2D eigenvalue weighted by Gasteiger charge is -2.33. The minimum absolute atomic E-state index is 0.00237. The number of hydrogen-bond acceptors (Lipinski definition) is 4. The van der Waals surface area contributed by atoms with E-state index in [4.69, 9.17) is 15.7 Å². The van der Waals surface area contributed by atoms with Gasteiger partial charge in [0.2, 0.25) is 0 Å². The molecule has 7 heteroatoms. The number of benzene rings is 1. The van der Waals surface area contributed by atoms with Gasteiger partial charge in [-0.25, -0.2) is 8.78 Å². The molecular weight excluding hydrogens is 256 g/mol. The lowest BCUT2D eigenvalue weighted by Crippen LogP contribution is -2.42. The SMILES string of the molecule is CC1CN(c2c(F)cc(C(N)=NO)cc2F)CCO1. The molecule has 1 unspecified atom stereocenters. The van der Waals surface area contributed by atoms with Crippen molar-refractivity contribution in [1.82, 2.24) is 0 Å².